The minimum Gasteiger partial charge on any atom is -0.352 e. The largest absolute Gasteiger partial charge is 0.352 e. The second kappa shape index (κ2) is 5.76. The maximum absolute atomic E-state index is 12.1. The van der Waals surface area contributed by atoms with Gasteiger partial charge in [0.05, 0.1) is 10.4 Å². The molecule has 1 aliphatic heterocycles. The zero-order valence-corrected chi connectivity index (χ0v) is 13.0. The van der Waals surface area contributed by atoms with Crippen LogP contribution in [-0.4, -0.2) is 12.5 Å². The van der Waals surface area contributed by atoms with Crippen LogP contribution >= 0.6 is 34.5 Å². The fourth-order valence-corrected chi connectivity index (χ4v) is 4.03. The third kappa shape index (κ3) is 2.58. The molecule has 0 aliphatic carbocycles. The molecule has 104 valence electrons. The second-order valence-electron chi connectivity index (χ2n) is 4.77. The summed E-state index contributed by atoms with van der Waals surface area (Å²) in [5.41, 5.74) is 2.73. The minimum absolute atomic E-state index is 0.0134. The van der Waals surface area contributed by atoms with Crippen LogP contribution in [0.2, 0.25) is 5.02 Å². The zero-order chi connectivity index (χ0) is 14.1. The van der Waals surface area contributed by atoms with Gasteiger partial charge >= 0.3 is 0 Å². The average molecular weight is 326 g/mol. The fourth-order valence-electron chi connectivity index (χ4n) is 2.39. The normalized spacial score (nSPS) is 16.2. The van der Waals surface area contributed by atoms with Crippen LogP contribution in [0.1, 0.15) is 38.2 Å². The van der Waals surface area contributed by atoms with Gasteiger partial charge in [0.1, 0.15) is 0 Å². The highest BCUT2D eigenvalue weighted by atomic mass is 35.5. The summed E-state index contributed by atoms with van der Waals surface area (Å²) in [5, 5.41) is 5.19. The molecular weight excluding hydrogens is 313 g/mol. The average Bonchev–Trinajstić information content (AvgIpc) is 2.79. The fraction of sp³-hybridized carbons (Fsp3) is 0.267. The van der Waals surface area contributed by atoms with Crippen molar-refractivity contribution in [2.75, 3.05) is 6.54 Å². The Balaban J connectivity index is 2.00. The molecule has 0 bridgehead atoms. The highest BCUT2D eigenvalue weighted by Crippen LogP contribution is 2.38. The summed E-state index contributed by atoms with van der Waals surface area (Å²) >= 11 is 14.2. The summed E-state index contributed by atoms with van der Waals surface area (Å²) in [6.45, 7) is 0.726. The molecule has 2 nitrogen and oxygen atoms in total. The van der Waals surface area contributed by atoms with Crippen molar-refractivity contribution in [3.63, 3.8) is 0 Å². The molecule has 1 amide bonds. The molecule has 1 aromatic heterocycles. The lowest BCUT2D eigenvalue weighted by Crippen LogP contribution is -2.22. The van der Waals surface area contributed by atoms with Crippen molar-refractivity contribution in [3.8, 4) is 0 Å². The van der Waals surface area contributed by atoms with Gasteiger partial charge in [0.15, 0.2) is 0 Å². The molecule has 1 unspecified atom stereocenters. The van der Waals surface area contributed by atoms with Crippen molar-refractivity contribution >= 4 is 40.4 Å². The van der Waals surface area contributed by atoms with Crippen LogP contribution in [0.5, 0.6) is 0 Å². The number of aryl methyl sites for hydroxylation is 1. The first-order valence-corrected chi connectivity index (χ1v) is 8.14. The number of carbonyl (C=O) groups excluding carboxylic acids is 1. The van der Waals surface area contributed by atoms with Gasteiger partial charge in [-0.05, 0) is 41.5 Å². The number of alkyl halides is 1. The van der Waals surface area contributed by atoms with Crippen LogP contribution in [0, 0.1) is 0 Å². The van der Waals surface area contributed by atoms with Crippen LogP contribution in [0.25, 0.3) is 0 Å². The van der Waals surface area contributed by atoms with E-state index in [4.69, 9.17) is 23.2 Å². The van der Waals surface area contributed by atoms with Crippen molar-refractivity contribution < 1.29 is 4.79 Å². The number of benzene rings is 1. The smallest absolute Gasteiger partial charge is 0.251 e. The number of rotatable bonds is 2. The molecule has 0 radical (unpaired) electrons. The number of fused-ring (bicyclic) bond motifs is 1. The Labute approximate surface area is 131 Å². The van der Waals surface area contributed by atoms with Crippen LogP contribution in [-0.2, 0) is 6.42 Å². The molecule has 0 saturated carbocycles. The van der Waals surface area contributed by atoms with Gasteiger partial charge in [-0.25, -0.2) is 0 Å². The van der Waals surface area contributed by atoms with Gasteiger partial charge in [-0.2, -0.15) is 0 Å². The molecule has 5 heteroatoms. The zero-order valence-electron chi connectivity index (χ0n) is 10.7. The van der Waals surface area contributed by atoms with Crippen LogP contribution in [0.15, 0.2) is 29.6 Å². The highest BCUT2D eigenvalue weighted by Gasteiger charge is 2.20. The Morgan fingerprint density at radius 3 is 2.90 bits per heavy atom. The monoisotopic (exact) mass is 325 g/mol. The summed E-state index contributed by atoms with van der Waals surface area (Å²) in [5.74, 6) is -0.0134. The molecule has 2 aromatic rings. The topological polar surface area (TPSA) is 29.1 Å². The quantitative estimate of drug-likeness (QED) is 0.814. The maximum Gasteiger partial charge on any atom is 0.251 e. The van der Waals surface area contributed by atoms with E-state index in [0.717, 1.165) is 41.0 Å². The van der Waals surface area contributed by atoms with Crippen molar-refractivity contribution in [1.82, 2.24) is 5.32 Å². The molecule has 2 heterocycles. The van der Waals surface area contributed by atoms with Gasteiger partial charge in [-0.3, -0.25) is 4.79 Å². The first kappa shape index (κ1) is 13.9. The van der Waals surface area contributed by atoms with E-state index in [0.29, 0.717) is 5.02 Å². The van der Waals surface area contributed by atoms with Crippen LogP contribution < -0.4 is 5.32 Å². The van der Waals surface area contributed by atoms with Gasteiger partial charge in [-0.1, -0.05) is 23.7 Å². The predicted molar refractivity (Wildman–Crippen MR) is 84.1 cm³/mol. The molecule has 1 atom stereocenters. The van der Waals surface area contributed by atoms with E-state index in [1.54, 1.807) is 0 Å². The highest BCUT2D eigenvalue weighted by molar-refractivity contribution is 7.11. The van der Waals surface area contributed by atoms with Crippen molar-refractivity contribution in [2.24, 2.45) is 0 Å². The second-order valence-corrected chi connectivity index (χ2v) is 6.56. The van der Waals surface area contributed by atoms with E-state index in [1.165, 1.54) is 11.3 Å². The van der Waals surface area contributed by atoms with E-state index >= 15 is 0 Å². The first-order valence-electron chi connectivity index (χ1n) is 6.45. The minimum atomic E-state index is -0.316. The van der Waals surface area contributed by atoms with Gasteiger partial charge < -0.3 is 5.32 Å². The SMILES string of the molecule is O=C1NCCCc2ccc(C(Cl)c3sccc3Cl)cc21. The third-order valence-corrected chi connectivity index (χ3v) is 5.48. The van der Waals surface area contributed by atoms with Crippen molar-refractivity contribution in [2.45, 2.75) is 18.2 Å². The molecule has 0 saturated heterocycles. The molecule has 0 fully saturated rings. The predicted octanol–water partition coefficient (Wildman–Crippen LogP) is 4.41. The lowest BCUT2D eigenvalue weighted by molar-refractivity contribution is 0.0956. The van der Waals surface area contributed by atoms with Crippen LogP contribution in [0.4, 0.5) is 0 Å². The Bertz CT molecular complexity index is 653. The molecule has 1 aromatic carbocycles. The summed E-state index contributed by atoms with van der Waals surface area (Å²) in [6, 6.07) is 7.73. The van der Waals surface area contributed by atoms with Gasteiger partial charge in [0, 0.05) is 17.0 Å². The number of hydrogen-bond donors (Lipinski definition) is 1. The molecule has 0 spiro atoms. The first-order chi connectivity index (χ1) is 9.66. The lowest BCUT2D eigenvalue weighted by atomic mass is 9.99. The molecule has 1 aliphatic rings. The summed E-state index contributed by atoms with van der Waals surface area (Å²) < 4.78 is 0. The Morgan fingerprint density at radius 2 is 2.15 bits per heavy atom. The van der Waals surface area contributed by atoms with Gasteiger partial charge in [0.2, 0.25) is 0 Å². The van der Waals surface area contributed by atoms with Crippen molar-refractivity contribution in [1.29, 1.82) is 0 Å². The third-order valence-electron chi connectivity index (χ3n) is 3.45. The standard InChI is InChI=1S/C15H13Cl2NOS/c16-12-5-7-20-14(12)13(17)10-4-3-9-2-1-6-18-15(19)11(9)8-10/h3-5,7-8,13H,1-2,6H2,(H,18,19). The number of carbonyl (C=O) groups is 1. The van der Waals surface area contributed by atoms with E-state index in [2.05, 4.69) is 5.32 Å². The Morgan fingerprint density at radius 1 is 1.30 bits per heavy atom. The number of thiophene rings is 1. The van der Waals surface area contributed by atoms with Gasteiger partial charge in [0.25, 0.3) is 5.91 Å². The Hall–Kier alpha value is -1.03. The van der Waals surface area contributed by atoms with E-state index in [-0.39, 0.29) is 11.3 Å². The number of halogens is 2. The van der Waals surface area contributed by atoms with E-state index < -0.39 is 0 Å². The van der Waals surface area contributed by atoms with Crippen molar-refractivity contribution in [3.05, 3.63) is 56.2 Å². The molecular formula is C15H13Cl2NOS. The molecule has 1 N–H and O–H groups in total. The van der Waals surface area contributed by atoms with Gasteiger partial charge in [-0.15, -0.1) is 22.9 Å². The number of hydrogen-bond acceptors (Lipinski definition) is 2. The summed E-state index contributed by atoms with van der Waals surface area (Å²) in [6.07, 6.45) is 1.89. The summed E-state index contributed by atoms with van der Waals surface area (Å²) in [4.78, 5) is 13.0. The summed E-state index contributed by atoms with van der Waals surface area (Å²) in [7, 11) is 0. The van der Waals surface area contributed by atoms with E-state index in [9.17, 15) is 4.79 Å². The van der Waals surface area contributed by atoms with E-state index in [1.807, 2.05) is 29.6 Å². The Kier molecular flexibility index (Phi) is 4.01. The number of amides is 1. The lowest BCUT2D eigenvalue weighted by Gasteiger charge is -2.12. The molecule has 3 rings (SSSR count). The maximum atomic E-state index is 12.1. The van der Waals surface area contributed by atoms with Crippen LogP contribution in [0.3, 0.4) is 0 Å². The number of nitrogens with one attached hydrogen (secondary N) is 1. The molecule has 20 heavy (non-hydrogen) atoms.